The average molecular weight is 1080 g/mol. The Morgan fingerprint density at radius 2 is 0.314 bits per heavy atom. The van der Waals surface area contributed by atoms with Crippen molar-refractivity contribution in [3.05, 3.63) is 268 Å². The second-order valence-electron chi connectivity index (χ2n) is 17.1. The fourth-order valence-corrected chi connectivity index (χ4v) is 16.8. The first-order valence-corrected chi connectivity index (χ1v) is 29.6. The molecule has 9 aromatic carbocycles. The van der Waals surface area contributed by atoms with Gasteiger partial charge in [-0.1, -0.05) is 218 Å². The van der Waals surface area contributed by atoms with E-state index in [4.69, 9.17) is 4.79 Å². The molecule has 356 valence electrons. The van der Waals surface area contributed by atoms with E-state index in [1.165, 1.54) is 97.8 Å². The Kier molecular flexibility index (Phi) is 22.8. The van der Waals surface area contributed by atoms with Crippen LogP contribution in [0.25, 0.3) is 0 Å². The number of benzene rings is 9. The zero-order valence-corrected chi connectivity index (χ0v) is 47.0. The van der Waals surface area contributed by atoms with Crippen LogP contribution in [-0.4, -0.2) is 6.79 Å². The van der Waals surface area contributed by atoms with Crippen LogP contribution in [0.1, 0.15) is 50.1 Å². The van der Waals surface area contributed by atoms with Crippen LogP contribution < -0.4 is 47.7 Å². The summed E-state index contributed by atoms with van der Waals surface area (Å²) in [5.74, 6) is 0. The Morgan fingerprint density at radius 3 is 0.400 bits per heavy atom. The summed E-state index contributed by atoms with van der Waals surface area (Å²) in [4.78, 5) is 7.75. The summed E-state index contributed by atoms with van der Waals surface area (Å²) in [6, 6.07) is 79.2. The zero-order chi connectivity index (χ0) is 50.6. The van der Waals surface area contributed by atoms with Crippen molar-refractivity contribution in [3.8, 4) is 0 Å². The molecule has 6 heteroatoms. The van der Waals surface area contributed by atoms with Crippen molar-refractivity contribution in [1.82, 2.24) is 0 Å². The molecule has 0 bridgehead atoms. The third-order valence-corrected chi connectivity index (χ3v) is 21.1. The van der Waals surface area contributed by atoms with Crippen LogP contribution in [-0.2, 0) is 22.1 Å². The van der Waals surface area contributed by atoms with Gasteiger partial charge in [-0.15, -0.1) is 0 Å². The molecule has 0 aliphatic rings. The van der Waals surface area contributed by atoms with Crippen molar-refractivity contribution in [2.75, 3.05) is 0 Å². The molecule has 9 aromatic rings. The molecule has 0 fully saturated rings. The minimum absolute atomic E-state index is 0.508. The maximum atomic E-state index is 7.75. The standard InChI is InChI=1S/3C21H21P.CHO.ClH.Ru/c3*1-16-10-4-7-13-19(16)22(20-14-8-5-11-17(20)2)21-15-9-6-12-18(21)3;1-2;;/h3*4-15H,1-3H3;1H;1H;/q;;;-1;;+2/p-1. The van der Waals surface area contributed by atoms with Crippen LogP contribution in [0.5, 0.6) is 0 Å². The van der Waals surface area contributed by atoms with Crippen molar-refractivity contribution in [2.24, 2.45) is 0 Å². The van der Waals surface area contributed by atoms with Gasteiger partial charge in [-0.05, 0) is 184 Å². The first-order chi connectivity index (χ1) is 34.0. The van der Waals surface area contributed by atoms with Crippen molar-refractivity contribution in [3.63, 3.8) is 0 Å². The SMILES string of the molecule is Cc1ccccc1P(c1ccccc1C)c1ccccc1C.Cc1ccccc1P(c1ccccc1C)c1ccccc1C.Cc1ccccc1P(c1ccccc1C)c1ccccc1C.[CH-]=O.[Cl][Ru+]. The number of rotatable bonds is 9. The molecule has 0 unspecified atom stereocenters. The molecule has 0 radical (unpaired) electrons. The van der Waals surface area contributed by atoms with Gasteiger partial charge in [0.25, 0.3) is 0 Å². The van der Waals surface area contributed by atoms with Gasteiger partial charge in [-0.3, -0.25) is 6.79 Å². The molecule has 0 atom stereocenters. The van der Waals surface area contributed by atoms with Gasteiger partial charge in [0.2, 0.25) is 0 Å². The molecule has 0 heterocycles. The number of halogens is 1. The quantitative estimate of drug-likeness (QED) is 0.0609. The number of hydrogen-bond donors (Lipinski definition) is 0. The third kappa shape index (κ3) is 14.3. The van der Waals surface area contributed by atoms with Crippen LogP contribution in [0.3, 0.4) is 0 Å². The summed E-state index contributed by atoms with van der Waals surface area (Å²) in [5, 5.41) is 13.1. The van der Waals surface area contributed by atoms with E-state index in [0.717, 1.165) is 0 Å². The topological polar surface area (TPSA) is 17.1 Å². The number of carbonyl (C=O) groups excluding carboxylic acids is 1. The van der Waals surface area contributed by atoms with Crippen LogP contribution >= 0.6 is 33.5 Å². The van der Waals surface area contributed by atoms with Gasteiger partial charge in [0.15, 0.2) is 0 Å². The van der Waals surface area contributed by atoms with Crippen molar-refractivity contribution < 1.29 is 22.1 Å². The second kappa shape index (κ2) is 28.6. The van der Waals surface area contributed by atoms with Crippen LogP contribution in [0, 0.1) is 62.3 Å². The number of aryl methyl sites for hydroxylation is 9. The summed E-state index contributed by atoms with van der Waals surface area (Å²) in [6.07, 6.45) is 0. The Labute approximate surface area is 437 Å². The van der Waals surface area contributed by atoms with Crippen LogP contribution in [0.4, 0.5) is 0 Å². The van der Waals surface area contributed by atoms with E-state index in [9.17, 15) is 0 Å². The molecule has 0 spiro atoms. The molecule has 1 nitrogen and oxygen atoms in total. The van der Waals surface area contributed by atoms with Crippen LogP contribution in [0.2, 0.25) is 0 Å². The van der Waals surface area contributed by atoms with Gasteiger partial charge in [0.05, 0.1) is 0 Å². The molecule has 70 heavy (non-hydrogen) atoms. The summed E-state index contributed by atoms with van der Waals surface area (Å²) in [7, 11) is 3.04. The predicted molar refractivity (Wildman–Crippen MR) is 311 cm³/mol. The monoisotopic (exact) mass is 1080 g/mol. The van der Waals surface area contributed by atoms with E-state index in [1.54, 1.807) is 0 Å². The molecule has 0 aromatic heterocycles. The molecule has 0 saturated carbocycles. The van der Waals surface area contributed by atoms with E-state index in [2.05, 4.69) is 297 Å². The van der Waals surface area contributed by atoms with Gasteiger partial charge < -0.3 is 4.79 Å². The van der Waals surface area contributed by atoms with E-state index in [-0.39, 0.29) is 0 Å². The van der Waals surface area contributed by atoms with E-state index >= 15 is 0 Å². The molecular weight excluding hydrogens is 1010 g/mol. The van der Waals surface area contributed by atoms with Crippen molar-refractivity contribution in [1.29, 1.82) is 0 Å². The van der Waals surface area contributed by atoms with E-state index in [1.807, 2.05) is 17.3 Å². The Balaban J connectivity index is 0.000000189. The van der Waals surface area contributed by atoms with Crippen molar-refractivity contribution in [2.45, 2.75) is 62.3 Å². The Morgan fingerprint density at radius 1 is 0.229 bits per heavy atom. The second-order valence-corrected chi connectivity index (χ2v) is 23.4. The van der Waals surface area contributed by atoms with E-state index in [0.29, 0.717) is 0 Å². The van der Waals surface area contributed by atoms with Crippen LogP contribution in [0.15, 0.2) is 218 Å². The summed E-state index contributed by atoms with van der Waals surface area (Å²) in [6.45, 7) is 23.3. The van der Waals surface area contributed by atoms with Gasteiger partial charge in [0, 0.05) is 0 Å². The molecule has 9 rings (SSSR count). The van der Waals surface area contributed by atoms with Gasteiger partial charge in [0.1, 0.15) is 0 Å². The summed E-state index contributed by atoms with van der Waals surface area (Å²) < 4.78 is 0. The molecule has 0 amide bonds. The first kappa shape index (κ1) is 55.8. The van der Waals surface area contributed by atoms with E-state index < -0.39 is 23.8 Å². The Bertz CT molecular complexity index is 2410. The van der Waals surface area contributed by atoms with Gasteiger partial charge in [-0.25, -0.2) is 0 Å². The maximum absolute atomic E-state index is 7.75. The first-order valence-electron chi connectivity index (χ1n) is 23.3. The fourth-order valence-electron chi connectivity index (χ4n) is 8.50. The molecule has 0 saturated heterocycles. The normalized spacial score (nSPS) is 10.4. The van der Waals surface area contributed by atoms with Crippen molar-refractivity contribution >= 4 is 88.0 Å². The fraction of sp³-hybridized carbons (Fsp3) is 0.141. The minimum atomic E-state index is -0.508. The summed E-state index contributed by atoms with van der Waals surface area (Å²) in [5.41, 5.74) is 12.4. The third-order valence-electron chi connectivity index (χ3n) is 12.2. The summed E-state index contributed by atoms with van der Waals surface area (Å²) >= 11 is 1.82. The van der Waals surface area contributed by atoms with Gasteiger partial charge in [-0.2, -0.15) is 0 Å². The molecule has 0 N–H and O–H groups in total. The van der Waals surface area contributed by atoms with Gasteiger partial charge >= 0.3 is 27.0 Å². The molecular formula is C64H64ClOP3Ru. The Hall–Kier alpha value is -5.15. The molecule has 0 aliphatic heterocycles. The average Bonchev–Trinajstić information content (AvgIpc) is 3.38. The zero-order valence-electron chi connectivity index (χ0n) is 41.8. The molecule has 0 aliphatic carbocycles. The number of hydrogen-bond acceptors (Lipinski definition) is 1. The predicted octanol–water partition coefficient (Wildman–Crippen LogP) is 13.5.